The highest BCUT2D eigenvalue weighted by atomic mass is 35.5. The highest BCUT2D eigenvalue weighted by Gasteiger charge is 2.26. The molecule has 0 bridgehead atoms. The molecule has 0 radical (unpaired) electrons. The second-order valence-electron chi connectivity index (χ2n) is 6.30. The number of likely N-dealkylation sites (N-methyl/N-ethyl adjacent to an activating group) is 1. The number of amides is 2. The lowest BCUT2D eigenvalue weighted by molar-refractivity contribution is -0.138. The molecule has 2 amide bonds. The van der Waals surface area contributed by atoms with E-state index in [1.165, 1.54) is 22.7 Å². The van der Waals surface area contributed by atoms with Crippen LogP contribution in [0.15, 0.2) is 48.5 Å². The minimum Gasteiger partial charge on any atom is -0.355 e. The monoisotopic (exact) mass is 422 g/mol. The maximum atomic E-state index is 14.1. The topological polar surface area (TPSA) is 49.4 Å². The smallest absolute Gasteiger partial charge is 0.242 e. The highest BCUT2D eigenvalue weighted by Crippen LogP contribution is 2.18. The van der Waals surface area contributed by atoms with Gasteiger partial charge in [-0.1, -0.05) is 41.9 Å². The van der Waals surface area contributed by atoms with Crippen molar-refractivity contribution in [1.29, 1.82) is 0 Å². The molecule has 0 fully saturated rings. The summed E-state index contributed by atoms with van der Waals surface area (Å²) < 4.78 is 14.1. The normalized spacial score (nSPS) is 11.7. The van der Waals surface area contributed by atoms with Gasteiger partial charge in [0.2, 0.25) is 11.8 Å². The van der Waals surface area contributed by atoms with Crippen molar-refractivity contribution in [2.45, 2.75) is 32.2 Å². The summed E-state index contributed by atoms with van der Waals surface area (Å²) in [6, 6.07) is 13.0. The van der Waals surface area contributed by atoms with Crippen LogP contribution in [0.4, 0.5) is 4.39 Å². The van der Waals surface area contributed by atoms with Crippen LogP contribution in [-0.4, -0.2) is 35.1 Å². The highest BCUT2D eigenvalue weighted by molar-refractivity contribution is 7.99. The number of hydrogen-bond donors (Lipinski definition) is 1. The van der Waals surface area contributed by atoms with Gasteiger partial charge in [-0.3, -0.25) is 9.59 Å². The fourth-order valence-corrected chi connectivity index (χ4v) is 3.63. The number of hydrogen-bond acceptors (Lipinski definition) is 3. The van der Waals surface area contributed by atoms with Crippen LogP contribution < -0.4 is 5.32 Å². The number of halogens is 2. The van der Waals surface area contributed by atoms with Gasteiger partial charge >= 0.3 is 0 Å². The van der Waals surface area contributed by atoms with E-state index in [4.69, 9.17) is 11.6 Å². The Kier molecular flexibility index (Phi) is 8.80. The summed E-state index contributed by atoms with van der Waals surface area (Å²) in [6.45, 7) is 3.99. The Morgan fingerprint density at radius 3 is 2.50 bits per heavy atom. The van der Waals surface area contributed by atoms with Crippen molar-refractivity contribution in [3.8, 4) is 0 Å². The van der Waals surface area contributed by atoms with E-state index in [0.717, 1.165) is 5.56 Å². The summed E-state index contributed by atoms with van der Waals surface area (Å²) in [4.78, 5) is 26.5. The number of carbonyl (C=O) groups is 2. The van der Waals surface area contributed by atoms with Crippen molar-refractivity contribution in [2.24, 2.45) is 0 Å². The van der Waals surface area contributed by atoms with Crippen LogP contribution in [0.25, 0.3) is 0 Å². The fraction of sp³-hybridized carbons (Fsp3) is 0.333. The first-order chi connectivity index (χ1) is 13.4. The van der Waals surface area contributed by atoms with Gasteiger partial charge in [0.25, 0.3) is 0 Å². The molecular formula is C21H24ClFN2O2S. The lowest BCUT2D eigenvalue weighted by Crippen LogP contribution is -2.48. The van der Waals surface area contributed by atoms with Crippen LogP contribution in [-0.2, 0) is 21.9 Å². The van der Waals surface area contributed by atoms with Crippen molar-refractivity contribution in [2.75, 3.05) is 12.3 Å². The molecular weight excluding hydrogens is 399 g/mol. The molecule has 0 spiro atoms. The number of benzene rings is 2. The van der Waals surface area contributed by atoms with Crippen molar-refractivity contribution in [3.63, 3.8) is 0 Å². The van der Waals surface area contributed by atoms with Crippen LogP contribution in [0.3, 0.4) is 0 Å². The summed E-state index contributed by atoms with van der Waals surface area (Å²) >= 11 is 7.33. The molecule has 2 aromatic rings. The van der Waals surface area contributed by atoms with Gasteiger partial charge in [-0.15, -0.1) is 11.8 Å². The maximum absolute atomic E-state index is 14.1. The zero-order chi connectivity index (χ0) is 20.5. The molecule has 0 unspecified atom stereocenters. The summed E-state index contributed by atoms with van der Waals surface area (Å²) in [5, 5.41) is 3.39. The first kappa shape index (κ1) is 22.2. The second-order valence-corrected chi connectivity index (χ2v) is 7.72. The van der Waals surface area contributed by atoms with Crippen LogP contribution in [0.5, 0.6) is 0 Å². The minimum atomic E-state index is -0.691. The Hall–Kier alpha value is -2.05. The zero-order valence-corrected chi connectivity index (χ0v) is 17.5. The summed E-state index contributed by atoms with van der Waals surface area (Å²) in [5.74, 6) is -0.0135. The largest absolute Gasteiger partial charge is 0.355 e. The molecule has 28 heavy (non-hydrogen) atoms. The van der Waals surface area contributed by atoms with Crippen molar-refractivity contribution in [1.82, 2.24) is 10.2 Å². The maximum Gasteiger partial charge on any atom is 0.242 e. The molecule has 0 aliphatic carbocycles. The number of nitrogens with zero attached hydrogens (tertiary/aromatic N) is 1. The minimum absolute atomic E-state index is 0.0469. The van der Waals surface area contributed by atoms with Gasteiger partial charge in [-0.2, -0.15) is 0 Å². The van der Waals surface area contributed by atoms with E-state index in [1.54, 1.807) is 37.3 Å². The molecule has 0 saturated heterocycles. The van der Waals surface area contributed by atoms with Crippen molar-refractivity contribution in [3.05, 3.63) is 70.5 Å². The fourth-order valence-electron chi connectivity index (χ4n) is 2.63. The van der Waals surface area contributed by atoms with Crippen LogP contribution in [0.2, 0.25) is 5.02 Å². The first-order valence-electron chi connectivity index (χ1n) is 9.05. The van der Waals surface area contributed by atoms with E-state index in [1.807, 2.05) is 19.1 Å². The van der Waals surface area contributed by atoms with E-state index >= 15 is 0 Å². The van der Waals surface area contributed by atoms with Gasteiger partial charge in [-0.05, 0) is 37.6 Å². The van der Waals surface area contributed by atoms with Gasteiger partial charge in [0.1, 0.15) is 11.9 Å². The lowest BCUT2D eigenvalue weighted by Gasteiger charge is -2.28. The molecule has 0 heterocycles. The first-order valence-corrected chi connectivity index (χ1v) is 10.6. The summed E-state index contributed by atoms with van der Waals surface area (Å²) in [5.41, 5.74) is 1.44. The summed E-state index contributed by atoms with van der Waals surface area (Å²) in [6.07, 6.45) is 0. The van der Waals surface area contributed by atoms with E-state index < -0.39 is 11.9 Å². The Bertz CT molecular complexity index is 801. The predicted octanol–water partition coefficient (Wildman–Crippen LogP) is 4.27. The van der Waals surface area contributed by atoms with Gasteiger partial charge < -0.3 is 10.2 Å². The Morgan fingerprint density at radius 2 is 1.86 bits per heavy atom. The van der Waals surface area contributed by atoms with Crippen LogP contribution in [0.1, 0.15) is 25.0 Å². The molecule has 4 nitrogen and oxygen atoms in total. The molecule has 0 aromatic heterocycles. The quantitative estimate of drug-likeness (QED) is 0.656. The zero-order valence-electron chi connectivity index (χ0n) is 16.0. The third kappa shape index (κ3) is 6.53. The molecule has 1 atom stereocenters. The summed E-state index contributed by atoms with van der Waals surface area (Å²) in [7, 11) is 0. The average Bonchev–Trinajstić information content (AvgIpc) is 2.68. The van der Waals surface area contributed by atoms with E-state index in [9.17, 15) is 14.0 Å². The third-order valence-corrected chi connectivity index (χ3v) is 5.46. The molecule has 0 saturated carbocycles. The van der Waals surface area contributed by atoms with Crippen LogP contribution in [0, 0.1) is 5.82 Å². The van der Waals surface area contributed by atoms with Gasteiger partial charge in [-0.25, -0.2) is 4.39 Å². The molecule has 0 aliphatic heterocycles. The van der Waals surface area contributed by atoms with E-state index in [0.29, 0.717) is 22.9 Å². The molecule has 150 valence electrons. The number of rotatable bonds is 9. The van der Waals surface area contributed by atoms with E-state index in [-0.39, 0.29) is 24.1 Å². The molecule has 2 rings (SSSR count). The molecule has 0 aliphatic rings. The van der Waals surface area contributed by atoms with Gasteiger partial charge in [0, 0.05) is 29.4 Å². The number of thioether (sulfide) groups is 1. The third-order valence-electron chi connectivity index (χ3n) is 4.22. The number of nitrogens with one attached hydrogen (secondary N) is 1. The average molecular weight is 423 g/mol. The molecule has 7 heteroatoms. The van der Waals surface area contributed by atoms with Crippen molar-refractivity contribution < 1.29 is 14.0 Å². The molecule has 2 aromatic carbocycles. The van der Waals surface area contributed by atoms with Gasteiger partial charge in [0.15, 0.2) is 0 Å². The Balaban J connectivity index is 2.06. The second kappa shape index (κ2) is 11.1. The standard InChI is InChI=1S/C21H24ClFN2O2S/c1-3-24-21(27)15(2)25(12-17-6-4-5-7-19(17)23)20(26)14-28-13-16-8-10-18(22)11-9-16/h4-11,15H,3,12-14H2,1-2H3,(H,24,27)/t15-/m0/s1. The van der Waals surface area contributed by atoms with Gasteiger partial charge in [0.05, 0.1) is 5.75 Å². The number of carbonyl (C=O) groups excluding carboxylic acids is 2. The predicted molar refractivity (Wildman–Crippen MR) is 113 cm³/mol. The lowest BCUT2D eigenvalue weighted by atomic mass is 10.1. The van der Waals surface area contributed by atoms with E-state index in [2.05, 4.69) is 5.32 Å². The Morgan fingerprint density at radius 1 is 1.18 bits per heavy atom. The van der Waals surface area contributed by atoms with Crippen molar-refractivity contribution >= 4 is 35.2 Å². The Labute approximate surface area is 174 Å². The van der Waals surface area contributed by atoms with Crippen LogP contribution >= 0.6 is 23.4 Å². The SMILES string of the molecule is CCNC(=O)[C@H](C)N(Cc1ccccc1F)C(=O)CSCc1ccc(Cl)cc1. The molecule has 1 N–H and O–H groups in total.